The van der Waals surface area contributed by atoms with Crippen LogP contribution in [0.15, 0.2) is 0 Å². The van der Waals surface area contributed by atoms with E-state index in [2.05, 4.69) is 5.10 Å². The summed E-state index contributed by atoms with van der Waals surface area (Å²) in [6.07, 6.45) is -1.11. The van der Waals surface area contributed by atoms with Gasteiger partial charge < -0.3 is 0 Å². The van der Waals surface area contributed by atoms with Crippen molar-refractivity contribution >= 4 is 0 Å². The first kappa shape index (κ1) is 13.1. The van der Waals surface area contributed by atoms with Crippen molar-refractivity contribution in [3.8, 4) is 0 Å². The lowest BCUT2D eigenvalue weighted by atomic mass is 10.0. The van der Waals surface area contributed by atoms with Gasteiger partial charge in [0.2, 0.25) is 0 Å². The molecule has 1 rings (SSSR count). The number of nitrogens with zero attached hydrogens (tertiary/aromatic N) is 2. The summed E-state index contributed by atoms with van der Waals surface area (Å²) >= 11 is 0. The van der Waals surface area contributed by atoms with Crippen LogP contribution in [0.5, 0.6) is 0 Å². The highest BCUT2D eigenvalue weighted by atomic mass is 19.4. The molecule has 0 aliphatic heterocycles. The van der Waals surface area contributed by atoms with E-state index < -0.39 is 11.9 Å². The highest BCUT2D eigenvalue weighted by Gasteiger charge is 2.37. The maximum atomic E-state index is 12.8. The number of halogens is 3. The number of hydrogen-bond acceptors (Lipinski definition) is 1. The lowest BCUT2D eigenvalue weighted by molar-refractivity contribution is -0.144. The fourth-order valence-corrected chi connectivity index (χ4v) is 1.91. The third-order valence-corrected chi connectivity index (χ3v) is 2.65. The molecule has 1 heterocycles. The minimum absolute atomic E-state index is 0.350. The van der Waals surface area contributed by atoms with Crippen LogP contribution in [0.4, 0.5) is 13.2 Å². The molecule has 0 amide bonds. The minimum Gasteiger partial charge on any atom is -0.263 e. The van der Waals surface area contributed by atoms with Crippen LogP contribution in [0.2, 0.25) is 0 Å². The van der Waals surface area contributed by atoms with Gasteiger partial charge in [-0.15, -0.1) is 0 Å². The molecule has 0 aliphatic carbocycles. The summed E-state index contributed by atoms with van der Waals surface area (Å²) in [7, 11) is 1.35. The second-order valence-corrected chi connectivity index (χ2v) is 3.99. The van der Waals surface area contributed by atoms with Crippen molar-refractivity contribution in [3.63, 3.8) is 0 Å². The summed E-state index contributed by atoms with van der Waals surface area (Å²) in [4.78, 5) is 0. The normalized spacial score (nSPS) is 12.1. The Morgan fingerprint density at radius 2 is 1.88 bits per heavy atom. The molecule has 0 radical (unpaired) electrons. The summed E-state index contributed by atoms with van der Waals surface area (Å²) in [5, 5.41) is 3.85. The molecular formula is C11H17F3N2. The van der Waals surface area contributed by atoms with E-state index in [1.54, 1.807) is 6.92 Å². The van der Waals surface area contributed by atoms with Crippen LogP contribution in [0.25, 0.3) is 0 Å². The van der Waals surface area contributed by atoms with Crippen LogP contribution in [-0.4, -0.2) is 9.78 Å². The van der Waals surface area contributed by atoms with Gasteiger partial charge in [-0.25, -0.2) is 0 Å². The van der Waals surface area contributed by atoms with Crippen molar-refractivity contribution in [1.82, 2.24) is 9.78 Å². The third-order valence-electron chi connectivity index (χ3n) is 2.65. The Balaban J connectivity index is 2.97. The zero-order valence-electron chi connectivity index (χ0n) is 9.86. The molecule has 0 N–H and O–H groups in total. The second-order valence-electron chi connectivity index (χ2n) is 3.99. The van der Waals surface area contributed by atoms with Crippen molar-refractivity contribution in [2.75, 3.05) is 0 Å². The number of aryl methyl sites for hydroxylation is 2. The Labute approximate surface area is 93.5 Å². The van der Waals surface area contributed by atoms with Gasteiger partial charge in [0.05, 0.1) is 5.69 Å². The van der Waals surface area contributed by atoms with Gasteiger partial charge in [0.1, 0.15) is 5.69 Å². The summed E-state index contributed by atoms with van der Waals surface area (Å²) in [5.41, 5.74) is 0.246. The van der Waals surface area contributed by atoms with Gasteiger partial charge in [0.25, 0.3) is 0 Å². The van der Waals surface area contributed by atoms with E-state index >= 15 is 0 Å². The molecule has 0 spiro atoms. The first-order chi connectivity index (χ1) is 7.38. The predicted molar refractivity (Wildman–Crippen MR) is 56.2 cm³/mol. The molecule has 0 saturated heterocycles. The predicted octanol–water partition coefficient (Wildman–Crippen LogP) is 3.48. The molecule has 0 aromatic carbocycles. The minimum atomic E-state index is -4.31. The average molecular weight is 234 g/mol. The average Bonchev–Trinajstić information content (AvgIpc) is 2.41. The van der Waals surface area contributed by atoms with Crippen LogP contribution in [0.3, 0.4) is 0 Å². The lowest BCUT2D eigenvalue weighted by Crippen LogP contribution is -2.14. The van der Waals surface area contributed by atoms with Crippen molar-refractivity contribution in [2.24, 2.45) is 7.05 Å². The molecule has 1 aromatic rings. The van der Waals surface area contributed by atoms with Crippen LogP contribution >= 0.6 is 0 Å². The fraction of sp³-hybridized carbons (Fsp3) is 0.727. The SMILES string of the molecule is CCCCCc1c(C)nn(C)c1C(F)(F)F. The standard InChI is InChI=1S/C11H17F3N2/c1-4-5-6-7-9-8(2)15-16(3)10(9)11(12,13)14/h4-7H2,1-3H3. The van der Waals surface area contributed by atoms with Crippen molar-refractivity contribution in [1.29, 1.82) is 0 Å². The first-order valence-corrected chi connectivity index (χ1v) is 5.47. The van der Waals surface area contributed by atoms with Gasteiger partial charge in [0.15, 0.2) is 0 Å². The molecule has 2 nitrogen and oxygen atoms in total. The molecule has 0 saturated carbocycles. The topological polar surface area (TPSA) is 17.8 Å². The highest BCUT2D eigenvalue weighted by molar-refractivity contribution is 5.27. The Kier molecular flexibility index (Phi) is 3.99. The number of hydrogen-bond donors (Lipinski definition) is 0. The van der Waals surface area contributed by atoms with Gasteiger partial charge in [-0.3, -0.25) is 4.68 Å². The van der Waals surface area contributed by atoms with Crippen molar-refractivity contribution < 1.29 is 13.2 Å². The highest BCUT2D eigenvalue weighted by Crippen LogP contribution is 2.33. The molecule has 0 bridgehead atoms. The van der Waals surface area contributed by atoms with Crippen molar-refractivity contribution in [3.05, 3.63) is 17.0 Å². The van der Waals surface area contributed by atoms with E-state index in [1.807, 2.05) is 6.92 Å². The maximum Gasteiger partial charge on any atom is 0.433 e. The van der Waals surface area contributed by atoms with E-state index in [0.717, 1.165) is 23.9 Å². The van der Waals surface area contributed by atoms with E-state index in [1.165, 1.54) is 7.05 Å². The smallest absolute Gasteiger partial charge is 0.263 e. The van der Waals surface area contributed by atoms with E-state index in [-0.39, 0.29) is 0 Å². The lowest BCUT2D eigenvalue weighted by Gasteiger charge is -2.09. The van der Waals surface area contributed by atoms with Crippen LogP contribution < -0.4 is 0 Å². The van der Waals surface area contributed by atoms with Gasteiger partial charge >= 0.3 is 6.18 Å². The van der Waals surface area contributed by atoms with Gasteiger partial charge in [-0.2, -0.15) is 18.3 Å². The Morgan fingerprint density at radius 1 is 1.25 bits per heavy atom. The zero-order chi connectivity index (χ0) is 12.3. The largest absolute Gasteiger partial charge is 0.433 e. The first-order valence-electron chi connectivity index (χ1n) is 5.47. The Hall–Kier alpha value is -1.00. The molecule has 5 heteroatoms. The van der Waals surface area contributed by atoms with E-state index in [4.69, 9.17) is 0 Å². The van der Waals surface area contributed by atoms with E-state index in [0.29, 0.717) is 17.7 Å². The fourth-order valence-electron chi connectivity index (χ4n) is 1.91. The molecule has 0 aliphatic rings. The number of aromatic nitrogens is 2. The van der Waals surface area contributed by atoms with E-state index in [9.17, 15) is 13.2 Å². The van der Waals surface area contributed by atoms with Crippen LogP contribution in [0.1, 0.15) is 43.1 Å². The molecule has 0 atom stereocenters. The molecular weight excluding hydrogens is 217 g/mol. The monoisotopic (exact) mass is 234 g/mol. The molecule has 16 heavy (non-hydrogen) atoms. The third kappa shape index (κ3) is 2.77. The second kappa shape index (κ2) is 4.89. The quantitative estimate of drug-likeness (QED) is 0.729. The molecule has 92 valence electrons. The van der Waals surface area contributed by atoms with Crippen LogP contribution in [0, 0.1) is 6.92 Å². The number of unbranched alkanes of at least 4 members (excludes halogenated alkanes) is 2. The van der Waals surface area contributed by atoms with Crippen LogP contribution in [-0.2, 0) is 19.6 Å². The summed E-state index contributed by atoms with van der Waals surface area (Å²) in [6, 6.07) is 0. The maximum absolute atomic E-state index is 12.8. The van der Waals surface area contributed by atoms with Gasteiger partial charge in [-0.1, -0.05) is 19.8 Å². The van der Waals surface area contributed by atoms with Gasteiger partial charge in [0, 0.05) is 12.6 Å². The molecule has 0 unspecified atom stereocenters. The molecule has 0 fully saturated rings. The zero-order valence-corrected chi connectivity index (χ0v) is 9.86. The Bertz CT molecular complexity index is 353. The van der Waals surface area contributed by atoms with Crippen molar-refractivity contribution in [2.45, 2.75) is 45.7 Å². The van der Waals surface area contributed by atoms with Gasteiger partial charge in [-0.05, 0) is 19.8 Å². The summed E-state index contributed by atoms with van der Waals surface area (Å²) in [5.74, 6) is 0. The summed E-state index contributed by atoms with van der Waals surface area (Å²) in [6.45, 7) is 3.66. The molecule has 1 aromatic heterocycles. The Morgan fingerprint density at radius 3 is 2.38 bits per heavy atom. The number of rotatable bonds is 4. The number of alkyl halides is 3. The summed E-state index contributed by atoms with van der Waals surface area (Å²) < 4.78 is 39.3.